The van der Waals surface area contributed by atoms with E-state index < -0.39 is 71.4 Å². The Balaban J connectivity index is 2.39. The first kappa shape index (κ1) is 24.6. The third-order valence-corrected chi connectivity index (χ3v) is 5.15. The van der Waals surface area contributed by atoms with E-state index in [1.54, 1.807) is 6.92 Å². The molecule has 1 N–H and O–H groups in total. The molecule has 0 amide bonds. The fraction of sp³-hybridized carbons (Fsp3) is 0.263. The maximum atomic E-state index is 11.7. The first-order valence-corrected chi connectivity index (χ1v) is 9.89. The summed E-state index contributed by atoms with van der Waals surface area (Å²) in [6.45, 7) is 1.80. The molecule has 0 bridgehead atoms. The van der Waals surface area contributed by atoms with Crippen molar-refractivity contribution >= 4 is 34.4 Å². The number of unbranched alkanes of at least 4 members (excludes halogenated alkanes) is 1. The Kier molecular flexibility index (Phi) is 6.65. The lowest BCUT2D eigenvalue weighted by molar-refractivity contribution is -0.395. The van der Waals surface area contributed by atoms with Gasteiger partial charge in [0.15, 0.2) is 0 Å². The van der Waals surface area contributed by atoms with Gasteiger partial charge in [-0.2, -0.15) is 0 Å². The summed E-state index contributed by atoms with van der Waals surface area (Å²) < 4.78 is 0. The molecule has 16 nitrogen and oxygen atoms in total. The maximum absolute atomic E-state index is 11.7. The second-order valence-corrected chi connectivity index (χ2v) is 7.32. The van der Waals surface area contributed by atoms with Crippen LogP contribution in [0.25, 0.3) is 11.1 Å². The van der Waals surface area contributed by atoms with Crippen molar-refractivity contribution < 1.29 is 34.4 Å². The van der Waals surface area contributed by atoms with Gasteiger partial charge in [0.2, 0.25) is 6.10 Å². The Morgan fingerprint density at radius 2 is 1.34 bits per heavy atom. The maximum Gasteiger partial charge on any atom is 0.347 e. The SMILES string of the molecule is CCCCC(ON=C1c2cc([N+](=O)[O-])cc([N+](=O)[O-])c2-c2c1cc([N+](=O)[O-])cc2[N+](=O)[O-])C(=O)O. The number of hydrogen-bond donors (Lipinski definition) is 1. The van der Waals surface area contributed by atoms with Crippen molar-refractivity contribution in [2.45, 2.75) is 32.3 Å². The van der Waals surface area contributed by atoms with E-state index in [1.165, 1.54) is 0 Å². The van der Waals surface area contributed by atoms with Gasteiger partial charge in [-0.1, -0.05) is 18.5 Å². The average molecular weight is 489 g/mol. The van der Waals surface area contributed by atoms with Crippen LogP contribution in [0.1, 0.15) is 37.3 Å². The highest BCUT2D eigenvalue weighted by Crippen LogP contribution is 2.50. The highest BCUT2D eigenvalue weighted by Gasteiger charge is 2.41. The molecule has 1 atom stereocenters. The molecule has 2 aromatic rings. The Morgan fingerprint density at radius 1 is 0.886 bits per heavy atom. The summed E-state index contributed by atoms with van der Waals surface area (Å²) in [5.41, 5.74) is -5.26. The molecule has 2 aromatic carbocycles. The van der Waals surface area contributed by atoms with Crippen molar-refractivity contribution in [1.29, 1.82) is 0 Å². The van der Waals surface area contributed by atoms with Crippen LogP contribution in [-0.4, -0.2) is 42.6 Å². The van der Waals surface area contributed by atoms with E-state index in [4.69, 9.17) is 4.84 Å². The monoisotopic (exact) mass is 489 g/mol. The van der Waals surface area contributed by atoms with Crippen LogP contribution in [0.15, 0.2) is 29.4 Å². The molecule has 1 unspecified atom stereocenters. The zero-order valence-electron chi connectivity index (χ0n) is 17.8. The number of oxime groups is 1. The molecule has 0 spiro atoms. The van der Waals surface area contributed by atoms with Crippen molar-refractivity contribution in [3.8, 4) is 11.1 Å². The third kappa shape index (κ3) is 4.56. The van der Waals surface area contributed by atoms with Gasteiger partial charge in [0.1, 0.15) is 5.71 Å². The molecule has 0 saturated heterocycles. The molecule has 0 aromatic heterocycles. The Labute approximate surface area is 194 Å². The number of carboxylic acids is 1. The molecule has 182 valence electrons. The van der Waals surface area contributed by atoms with Crippen LogP contribution in [0, 0.1) is 40.5 Å². The number of carboxylic acid groups (broad SMARTS) is 1. The summed E-state index contributed by atoms with van der Waals surface area (Å²) in [5, 5.41) is 59.4. The third-order valence-electron chi connectivity index (χ3n) is 5.15. The molecule has 1 aliphatic rings. The first-order chi connectivity index (χ1) is 16.5. The van der Waals surface area contributed by atoms with Crippen LogP contribution in [0.3, 0.4) is 0 Å². The number of benzene rings is 2. The van der Waals surface area contributed by atoms with Crippen molar-refractivity contribution in [3.63, 3.8) is 0 Å². The number of fused-ring (bicyclic) bond motifs is 3. The van der Waals surface area contributed by atoms with Crippen LogP contribution < -0.4 is 0 Å². The minimum Gasteiger partial charge on any atom is -0.478 e. The average Bonchev–Trinajstić information content (AvgIpc) is 3.10. The summed E-state index contributed by atoms with van der Waals surface area (Å²) in [6, 6.07) is 2.89. The minimum atomic E-state index is -1.47. The predicted molar refractivity (Wildman–Crippen MR) is 116 cm³/mol. The highest BCUT2D eigenvalue weighted by molar-refractivity contribution is 6.27. The lowest BCUT2D eigenvalue weighted by Gasteiger charge is -2.11. The fourth-order valence-electron chi connectivity index (χ4n) is 3.59. The Morgan fingerprint density at radius 3 is 1.69 bits per heavy atom. The number of rotatable bonds is 10. The number of carbonyl (C=O) groups is 1. The Hall–Kier alpha value is -5.02. The smallest absolute Gasteiger partial charge is 0.347 e. The summed E-state index contributed by atoms with van der Waals surface area (Å²) in [6.07, 6.45) is -0.404. The molecule has 0 aliphatic heterocycles. The van der Waals surface area contributed by atoms with E-state index >= 15 is 0 Å². The van der Waals surface area contributed by atoms with Gasteiger partial charge in [0.05, 0.1) is 43.0 Å². The molecule has 0 radical (unpaired) electrons. The summed E-state index contributed by atoms with van der Waals surface area (Å²) in [4.78, 5) is 59.0. The van der Waals surface area contributed by atoms with E-state index in [2.05, 4.69) is 5.16 Å². The topological polar surface area (TPSA) is 231 Å². The summed E-state index contributed by atoms with van der Waals surface area (Å²) >= 11 is 0. The predicted octanol–water partition coefficient (Wildman–Crippen LogP) is 3.71. The number of nitro groups is 4. The zero-order valence-corrected chi connectivity index (χ0v) is 17.8. The van der Waals surface area contributed by atoms with E-state index in [1.807, 2.05) is 0 Å². The van der Waals surface area contributed by atoms with E-state index in [-0.39, 0.29) is 17.5 Å². The van der Waals surface area contributed by atoms with E-state index in [9.17, 15) is 50.4 Å². The quantitative estimate of drug-likeness (QED) is 0.318. The molecular weight excluding hydrogens is 474 g/mol. The highest BCUT2D eigenvalue weighted by atomic mass is 16.7. The van der Waals surface area contributed by atoms with Crippen LogP contribution in [-0.2, 0) is 9.63 Å². The standard InChI is InChI=1S/C19H15N5O11/c1-2-3-4-15(19(25)26)35-20-18-11-5-9(21(27)28)7-13(23(31)32)16(11)17-12(18)6-10(22(29)30)8-14(17)24(33)34/h5-8,15H,2-4H2,1H3,(H,25,26). The molecule has 35 heavy (non-hydrogen) atoms. The largest absolute Gasteiger partial charge is 0.478 e. The van der Waals surface area contributed by atoms with Crippen LogP contribution in [0.4, 0.5) is 22.7 Å². The van der Waals surface area contributed by atoms with Crippen LogP contribution in [0.5, 0.6) is 0 Å². The van der Waals surface area contributed by atoms with Gasteiger partial charge >= 0.3 is 5.97 Å². The number of aliphatic carboxylic acids is 1. The molecular formula is C19H15N5O11. The van der Waals surface area contributed by atoms with Crippen molar-refractivity contribution in [2.75, 3.05) is 0 Å². The van der Waals surface area contributed by atoms with Gasteiger partial charge in [-0.3, -0.25) is 40.5 Å². The van der Waals surface area contributed by atoms with Gasteiger partial charge in [0, 0.05) is 23.3 Å². The molecule has 1 aliphatic carbocycles. The second-order valence-electron chi connectivity index (χ2n) is 7.32. The number of nitro benzene ring substituents is 4. The number of nitrogens with zero attached hydrogens (tertiary/aromatic N) is 5. The van der Waals surface area contributed by atoms with Gasteiger partial charge in [0.25, 0.3) is 22.7 Å². The lowest BCUT2D eigenvalue weighted by atomic mass is 10.0. The number of non-ortho nitro benzene ring substituents is 2. The van der Waals surface area contributed by atoms with Crippen LogP contribution in [0.2, 0.25) is 0 Å². The molecule has 0 heterocycles. The lowest BCUT2D eigenvalue weighted by Crippen LogP contribution is -2.22. The number of hydrogen-bond acceptors (Lipinski definition) is 11. The van der Waals surface area contributed by atoms with Crippen LogP contribution >= 0.6 is 0 Å². The van der Waals surface area contributed by atoms with Crippen molar-refractivity contribution in [1.82, 2.24) is 0 Å². The summed E-state index contributed by atoms with van der Waals surface area (Å²) in [7, 11) is 0. The second kappa shape index (κ2) is 9.46. The first-order valence-electron chi connectivity index (χ1n) is 9.89. The molecule has 0 saturated carbocycles. The molecule has 3 rings (SSSR count). The van der Waals surface area contributed by atoms with Gasteiger partial charge < -0.3 is 9.94 Å². The van der Waals surface area contributed by atoms with Crippen molar-refractivity contribution in [2.24, 2.45) is 5.16 Å². The molecule has 0 fully saturated rings. The van der Waals surface area contributed by atoms with Gasteiger partial charge in [-0.15, -0.1) is 0 Å². The van der Waals surface area contributed by atoms with Gasteiger partial charge in [-0.05, 0) is 12.8 Å². The summed E-state index contributed by atoms with van der Waals surface area (Å²) in [5.74, 6) is -1.39. The fourth-order valence-corrected chi connectivity index (χ4v) is 3.59. The molecule has 16 heteroatoms. The van der Waals surface area contributed by atoms with E-state index in [0.717, 1.165) is 12.1 Å². The van der Waals surface area contributed by atoms with Gasteiger partial charge in [-0.25, -0.2) is 4.79 Å². The zero-order chi connectivity index (χ0) is 26.0. The minimum absolute atomic E-state index is 0.0203. The normalized spacial score (nSPS) is 12.3. The Bertz CT molecular complexity index is 1240. The van der Waals surface area contributed by atoms with E-state index in [0.29, 0.717) is 25.0 Å². The van der Waals surface area contributed by atoms with Crippen molar-refractivity contribution in [3.05, 3.63) is 75.8 Å².